The highest BCUT2D eigenvalue weighted by molar-refractivity contribution is 6.30. The van der Waals surface area contributed by atoms with Gasteiger partial charge in [0.15, 0.2) is 0 Å². The number of carbonyl (C=O) groups excluding carboxylic acids is 2. The molecule has 0 aliphatic carbocycles. The molecular weight excluding hydrogens is 374 g/mol. The van der Waals surface area contributed by atoms with Crippen molar-refractivity contribution in [1.82, 2.24) is 5.32 Å². The minimum Gasteiger partial charge on any atom is -0.461 e. The molecular formula is C18H16ClN3O5. The molecule has 0 heterocycles. The van der Waals surface area contributed by atoms with Crippen molar-refractivity contribution in [2.45, 2.75) is 6.92 Å². The zero-order chi connectivity index (χ0) is 19.8. The molecule has 2 aromatic rings. The first kappa shape index (κ1) is 19.9. The van der Waals surface area contributed by atoms with Crippen molar-refractivity contribution in [3.8, 4) is 0 Å². The van der Waals surface area contributed by atoms with Gasteiger partial charge in [0, 0.05) is 34.6 Å². The van der Waals surface area contributed by atoms with Crippen LogP contribution in [0.25, 0.3) is 0 Å². The third-order valence-electron chi connectivity index (χ3n) is 3.31. The SMILES string of the molecule is CCOC(=O)/C(=C/Nc1ccc(Cl)cc1)NC(=O)c1ccc([N+](=O)[O-])cc1. The lowest BCUT2D eigenvalue weighted by Crippen LogP contribution is -2.29. The number of nitrogens with zero attached hydrogens (tertiary/aromatic N) is 1. The summed E-state index contributed by atoms with van der Waals surface area (Å²) in [4.78, 5) is 34.5. The van der Waals surface area contributed by atoms with E-state index in [0.29, 0.717) is 10.7 Å². The number of halogens is 1. The van der Waals surface area contributed by atoms with Crippen LogP contribution >= 0.6 is 11.6 Å². The van der Waals surface area contributed by atoms with Crippen molar-refractivity contribution in [3.05, 3.63) is 81.1 Å². The molecule has 1 amide bonds. The normalized spacial score (nSPS) is 10.8. The van der Waals surface area contributed by atoms with E-state index in [4.69, 9.17) is 16.3 Å². The van der Waals surface area contributed by atoms with Crippen LogP contribution in [0.1, 0.15) is 17.3 Å². The van der Waals surface area contributed by atoms with Crippen molar-refractivity contribution in [2.24, 2.45) is 0 Å². The number of nitro groups is 1. The molecule has 0 aliphatic rings. The average Bonchev–Trinajstić information content (AvgIpc) is 2.66. The van der Waals surface area contributed by atoms with E-state index in [1.807, 2.05) is 0 Å². The molecule has 2 aromatic carbocycles. The molecule has 27 heavy (non-hydrogen) atoms. The Balaban J connectivity index is 2.16. The highest BCUT2D eigenvalue weighted by Crippen LogP contribution is 2.14. The lowest BCUT2D eigenvalue weighted by atomic mass is 10.2. The fourth-order valence-corrected chi connectivity index (χ4v) is 2.11. The van der Waals surface area contributed by atoms with Crippen LogP contribution in [0.15, 0.2) is 60.4 Å². The van der Waals surface area contributed by atoms with Crippen molar-refractivity contribution < 1.29 is 19.2 Å². The second kappa shape index (κ2) is 9.35. The Hall–Kier alpha value is -3.39. The molecule has 0 unspecified atom stereocenters. The summed E-state index contributed by atoms with van der Waals surface area (Å²) >= 11 is 5.82. The Bertz CT molecular complexity index is 864. The molecule has 140 valence electrons. The maximum absolute atomic E-state index is 12.3. The lowest BCUT2D eigenvalue weighted by Gasteiger charge is -2.10. The number of non-ortho nitro benzene ring substituents is 1. The van der Waals surface area contributed by atoms with Crippen LogP contribution < -0.4 is 10.6 Å². The summed E-state index contributed by atoms with van der Waals surface area (Å²) in [7, 11) is 0. The second-order valence-electron chi connectivity index (χ2n) is 5.19. The summed E-state index contributed by atoms with van der Waals surface area (Å²) in [5.74, 6) is -1.34. The van der Waals surface area contributed by atoms with Gasteiger partial charge < -0.3 is 15.4 Å². The average molecular weight is 390 g/mol. The number of hydrogen-bond acceptors (Lipinski definition) is 6. The molecule has 0 radical (unpaired) electrons. The number of esters is 1. The van der Waals surface area contributed by atoms with E-state index in [0.717, 1.165) is 0 Å². The monoisotopic (exact) mass is 389 g/mol. The minimum atomic E-state index is -0.728. The standard InChI is InChI=1S/C18H16ClN3O5/c1-2-27-18(24)16(11-20-14-7-5-13(19)6-8-14)21-17(23)12-3-9-15(10-4-12)22(25)26/h3-11,20H,2H2,1H3,(H,21,23)/b16-11-. The van der Waals surface area contributed by atoms with Gasteiger partial charge in [-0.1, -0.05) is 11.6 Å². The van der Waals surface area contributed by atoms with Gasteiger partial charge in [-0.2, -0.15) is 0 Å². The number of benzene rings is 2. The number of anilines is 1. The third-order valence-corrected chi connectivity index (χ3v) is 3.56. The molecule has 2 N–H and O–H groups in total. The van der Waals surface area contributed by atoms with Crippen LogP contribution in [0.2, 0.25) is 5.02 Å². The van der Waals surface area contributed by atoms with E-state index in [-0.39, 0.29) is 23.6 Å². The van der Waals surface area contributed by atoms with Crippen molar-refractivity contribution in [2.75, 3.05) is 11.9 Å². The number of carbonyl (C=O) groups is 2. The van der Waals surface area contributed by atoms with E-state index < -0.39 is 16.8 Å². The topological polar surface area (TPSA) is 111 Å². The van der Waals surface area contributed by atoms with Crippen LogP contribution in [0.3, 0.4) is 0 Å². The molecule has 0 saturated heterocycles. The van der Waals surface area contributed by atoms with Gasteiger partial charge in [-0.3, -0.25) is 14.9 Å². The van der Waals surface area contributed by atoms with Crippen LogP contribution in [0.5, 0.6) is 0 Å². The zero-order valence-corrected chi connectivity index (χ0v) is 15.0. The van der Waals surface area contributed by atoms with Gasteiger partial charge in [0.05, 0.1) is 11.5 Å². The predicted molar refractivity (Wildman–Crippen MR) is 100 cm³/mol. The molecule has 9 heteroatoms. The maximum atomic E-state index is 12.3. The number of rotatable bonds is 7. The maximum Gasteiger partial charge on any atom is 0.356 e. The van der Waals surface area contributed by atoms with Crippen molar-refractivity contribution >= 4 is 34.9 Å². The Morgan fingerprint density at radius 2 is 1.78 bits per heavy atom. The Morgan fingerprint density at radius 1 is 1.15 bits per heavy atom. The lowest BCUT2D eigenvalue weighted by molar-refractivity contribution is -0.384. The Morgan fingerprint density at radius 3 is 2.33 bits per heavy atom. The van der Waals surface area contributed by atoms with Crippen molar-refractivity contribution in [1.29, 1.82) is 0 Å². The quantitative estimate of drug-likeness (QED) is 0.324. The molecule has 0 spiro atoms. The summed E-state index contributed by atoms with van der Waals surface area (Å²) in [6.45, 7) is 1.77. The Labute approximate surface area is 159 Å². The van der Waals surface area contributed by atoms with Gasteiger partial charge in [-0.25, -0.2) is 4.79 Å². The van der Waals surface area contributed by atoms with Gasteiger partial charge in [0.25, 0.3) is 11.6 Å². The smallest absolute Gasteiger partial charge is 0.356 e. The summed E-state index contributed by atoms with van der Waals surface area (Å²) in [5, 5.41) is 16.5. The first-order valence-electron chi connectivity index (χ1n) is 7.86. The van der Waals surface area contributed by atoms with E-state index in [1.165, 1.54) is 30.5 Å². The van der Waals surface area contributed by atoms with Crippen LogP contribution in [0.4, 0.5) is 11.4 Å². The van der Waals surface area contributed by atoms with Gasteiger partial charge >= 0.3 is 5.97 Å². The first-order chi connectivity index (χ1) is 12.9. The number of ether oxygens (including phenoxy) is 1. The van der Waals surface area contributed by atoms with Crippen LogP contribution in [-0.2, 0) is 9.53 Å². The summed E-state index contributed by atoms with van der Waals surface area (Å²) < 4.78 is 4.93. The van der Waals surface area contributed by atoms with Crippen molar-refractivity contribution in [3.63, 3.8) is 0 Å². The number of nitrogens with one attached hydrogen (secondary N) is 2. The molecule has 0 atom stereocenters. The molecule has 2 rings (SSSR count). The predicted octanol–water partition coefficient (Wildman–Crippen LogP) is 3.49. The summed E-state index contributed by atoms with van der Waals surface area (Å²) in [6, 6.07) is 11.7. The zero-order valence-electron chi connectivity index (χ0n) is 14.3. The van der Waals surface area contributed by atoms with Gasteiger partial charge in [0.2, 0.25) is 0 Å². The highest BCUT2D eigenvalue weighted by Gasteiger charge is 2.16. The van der Waals surface area contributed by atoms with Gasteiger partial charge in [0.1, 0.15) is 5.70 Å². The fourth-order valence-electron chi connectivity index (χ4n) is 1.99. The van der Waals surface area contributed by atoms with Gasteiger partial charge in [-0.05, 0) is 43.3 Å². The highest BCUT2D eigenvalue weighted by atomic mass is 35.5. The second-order valence-corrected chi connectivity index (χ2v) is 5.62. The number of nitro benzene ring substituents is 1. The van der Waals surface area contributed by atoms with E-state index in [9.17, 15) is 19.7 Å². The molecule has 0 aromatic heterocycles. The fraction of sp³-hybridized carbons (Fsp3) is 0.111. The van der Waals surface area contributed by atoms with E-state index in [1.54, 1.807) is 31.2 Å². The first-order valence-corrected chi connectivity index (χ1v) is 8.23. The third kappa shape index (κ3) is 5.82. The molecule has 0 aliphatic heterocycles. The minimum absolute atomic E-state index is 0.116. The van der Waals surface area contributed by atoms with Crippen LogP contribution in [-0.4, -0.2) is 23.4 Å². The largest absolute Gasteiger partial charge is 0.461 e. The molecule has 0 bridgehead atoms. The van der Waals surface area contributed by atoms with Gasteiger partial charge in [-0.15, -0.1) is 0 Å². The summed E-state index contributed by atoms with van der Waals surface area (Å²) in [6.07, 6.45) is 1.30. The number of amides is 1. The molecule has 8 nitrogen and oxygen atoms in total. The van der Waals surface area contributed by atoms with Crippen LogP contribution in [0, 0.1) is 10.1 Å². The Kier molecular flexibility index (Phi) is 6.90. The number of hydrogen-bond donors (Lipinski definition) is 2. The molecule has 0 fully saturated rings. The summed E-state index contributed by atoms with van der Waals surface area (Å²) in [5.41, 5.74) is 0.542. The van der Waals surface area contributed by atoms with E-state index >= 15 is 0 Å². The molecule has 0 saturated carbocycles. The van der Waals surface area contributed by atoms with E-state index in [2.05, 4.69) is 10.6 Å².